The summed E-state index contributed by atoms with van der Waals surface area (Å²) >= 11 is 1.79. The first-order valence-corrected chi connectivity index (χ1v) is 7.76. The van der Waals surface area contributed by atoms with Crippen LogP contribution in [0.5, 0.6) is 0 Å². The maximum Gasteiger partial charge on any atom is 0.323 e. The van der Waals surface area contributed by atoms with E-state index in [4.69, 9.17) is 5.11 Å². The lowest BCUT2D eigenvalue weighted by Gasteiger charge is -2.21. The van der Waals surface area contributed by atoms with Crippen molar-refractivity contribution in [3.8, 4) is 0 Å². The van der Waals surface area contributed by atoms with E-state index in [1.165, 1.54) is 4.90 Å². The second-order valence-corrected chi connectivity index (χ2v) is 5.64. The van der Waals surface area contributed by atoms with Crippen LogP contribution in [0.2, 0.25) is 0 Å². The molecule has 0 spiro atoms. The highest BCUT2D eigenvalue weighted by atomic mass is 32.2. The van der Waals surface area contributed by atoms with Gasteiger partial charge < -0.3 is 15.3 Å². The fourth-order valence-corrected chi connectivity index (χ4v) is 2.17. The molecule has 0 radical (unpaired) electrons. The predicted molar refractivity (Wildman–Crippen MR) is 72.9 cm³/mol. The summed E-state index contributed by atoms with van der Waals surface area (Å²) in [7, 11) is 0. The Morgan fingerprint density at radius 3 is 2.67 bits per heavy atom. The topological polar surface area (TPSA) is 69.6 Å². The molecule has 104 valence electrons. The molecular formula is C12H22N2O3S. The van der Waals surface area contributed by atoms with Crippen LogP contribution >= 0.6 is 11.8 Å². The Hall–Kier alpha value is -0.910. The number of nitrogens with zero attached hydrogens (tertiary/aromatic N) is 1. The smallest absolute Gasteiger partial charge is 0.323 e. The normalized spacial score (nSPS) is 14.3. The Balaban J connectivity index is 2.22. The summed E-state index contributed by atoms with van der Waals surface area (Å²) in [6.45, 7) is 0.996. The molecule has 1 aliphatic carbocycles. The van der Waals surface area contributed by atoms with Crippen LogP contribution in [-0.2, 0) is 4.79 Å². The number of aliphatic carboxylic acids is 1. The summed E-state index contributed by atoms with van der Waals surface area (Å²) in [4.78, 5) is 23.9. The molecule has 0 aliphatic heterocycles. The van der Waals surface area contributed by atoms with Crippen LogP contribution < -0.4 is 5.32 Å². The number of carbonyl (C=O) groups excluding carboxylic acids is 1. The minimum absolute atomic E-state index is 0.201. The molecule has 0 aromatic rings. The molecule has 18 heavy (non-hydrogen) atoms. The molecule has 1 fully saturated rings. The minimum atomic E-state index is -0.951. The molecule has 0 atom stereocenters. The van der Waals surface area contributed by atoms with E-state index in [9.17, 15) is 9.59 Å². The summed E-state index contributed by atoms with van der Waals surface area (Å²) in [5.41, 5.74) is 0. The zero-order valence-electron chi connectivity index (χ0n) is 10.9. The van der Waals surface area contributed by atoms with E-state index in [0.29, 0.717) is 19.0 Å². The highest BCUT2D eigenvalue weighted by Gasteiger charge is 2.27. The number of amides is 2. The molecule has 0 aromatic heterocycles. The fourth-order valence-electron chi connectivity index (χ4n) is 1.67. The van der Waals surface area contributed by atoms with Crippen LogP contribution in [0, 0.1) is 5.92 Å². The average molecular weight is 274 g/mol. The van der Waals surface area contributed by atoms with E-state index in [1.54, 1.807) is 11.8 Å². The number of nitrogens with one attached hydrogen (secondary N) is 1. The standard InChI is InChI=1S/C12H22N2O3S/c1-18-7-3-2-6-13-12(17)14(9-11(15)16)8-10-4-5-10/h10H,2-9H2,1H3,(H,13,17)(H,15,16). The van der Waals surface area contributed by atoms with Crippen LogP contribution in [0.25, 0.3) is 0 Å². The fraction of sp³-hybridized carbons (Fsp3) is 0.833. The molecular weight excluding hydrogens is 252 g/mol. The molecule has 1 rings (SSSR count). The number of carboxylic acids is 1. The van der Waals surface area contributed by atoms with Gasteiger partial charge in [0.2, 0.25) is 0 Å². The average Bonchev–Trinajstić information content (AvgIpc) is 3.11. The van der Waals surface area contributed by atoms with Crippen LogP contribution in [0.4, 0.5) is 4.79 Å². The van der Waals surface area contributed by atoms with Crippen molar-refractivity contribution in [3.63, 3.8) is 0 Å². The Morgan fingerprint density at radius 2 is 2.11 bits per heavy atom. The molecule has 0 aromatic carbocycles. The van der Waals surface area contributed by atoms with E-state index in [-0.39, 0.29) is 12.6 Å². The quantitative estimate of drug-likeness (QED) is 0.627. The summed E-state index contributed by atoms with van der Waals surface area (Å²) in [5.74, 6) is 0.649. The molecule has 2 N–H and O–H groups in total. The van der Waals surface area contributed by atoms with Gasteiger partial charge in [0, 0.05) is 13.1 Å². The van der Waals surface area contributed by atoms with Gasteiger partial charge in [0.15, 0.2) is 0 Å². The highest BCUT2D eigenvalue weighted by molar-refractivity contribution is 7.98. The van der Waals surface area contributed by atoms with Gasteiger partial charge in [-0.25, -0.2) is 4.79 Å². The number of hydrogen-bond donors (Lipinski definition) is 2. The number of rotatable bonds is 9. The zero-order chi connectivity index (χ0) is 13.4. The molecule has 0 unspecified atom stereocenters. The van der Waals surface area contributed by atoms with Crippen molar-refractivity contribution in [3.05, 3.63) is 0 Å². The van der Waals surface area contributed by atoms with Crippen molar-refractivity contribution in [2.24, 2.45) is 5.92 Å². The molecule has 0 saturated heterocycles. The van der Waals surface area contributed by atoms with Crippen molar-refractivity contribution >= 4 is 23.8 Å². The summed E-state index contributed by atoms with van der Waals surface area (Å²) in [5, 5.41) is 11.6. The second-order valence-electron chi connectivity index (χ2n) is 4.65. The van der Waals surface area contributed by atoms with Crippen LogP contribution in [-0.4, -0.2) is 53.6 Å². The van der Waals surface area contributed by atoms with Crippen molar-refractivity contribution < 1.29 is 14.7 Å². The van der Waals surface area contributed by atoms with Gasteiger partial charge in [-0.2, -0.15) is 11.8 Å². The maximum absolute atomic E-state index is 11.8. The third-order valence-electron chi connectivity index (χ3n) is 2.84. The van der Waals surface area contributed by atoms with Crippen molar-refractivity contribution in [2.45, 2.75) is 25.7 Å². The molecule has 1 saturated carbocycles. The first-order chi connectivity index (χ1) is 8.63. The Kier molecular flexibility index (Phi) is 6.93. The van der Waals surface area contributed by atoms with E-state index >= 15 is 0 Å². The van der Waals surface area contributed by atoms with Crippen LogP contribution in [0.15, 0.2) is 0 Å². The van der Waals surface area contributed by atoms with Gasteiger partial charge in [-0.3, -0.25) is 4.79 Å². The molecule has 2 amide bonds. The number of carboxylic acid groups (broad SMARTS) is 1. The monoisotopic (exact) mass is 274 g/mol. The predicted octanol–water partition coefficient (Wildman–Crippen LogP) is 1.64. The van der Waals surface area contributed by atoms with Crippen molar-refractivity contribution in [1.29, 1.82) is 0 Å². The number of carbonyl (C=O) groups is 2. The lowest BCUT2D eigenvalue weighted by atomic mass is 10.3. The van der Waals surface area contributed by atoms with Gasteiger partial charge in [0.25, 0.3) is 0 Å². The van der Waals surface area contributed by atoms with Gasteiger partial charge in [-0.15, -0.1) is 0 Å². The van der Waals surface area contributed by atoms with E-state index in [2.05, 4.69) is 11.6 Å². The third-order valence-corrected chi connectivity index (χ3v) is 3.54. The summed E-state index contributed by atoms with van der Waals surface area (Å²) in [6, 6.07) is -0.242. The number of urea groups is 1. The molecule has 1 aliphatic rings. The summed E-state index contributed by atoms with van der Waals surface area (Å²) < 4.78 is 0. The summed E-state index contributed by atoms with van der Waals surface area (Å²) in [6.07, 6.45) is 6.29. The minimum Gasteiger partial charge on any atom is -0.480 e. The van der Waals surface area contributed by atoms with Gasteiger partial charge in [0.05, 0.1) is 0 Å². The molecule has 0 heterocycles. The maximum atomic E-state index is 11.8. The number of thioether (sulfide) groups is 1. The van der Waals surface area contributed by atoms with Gasteiger partial charge >= 0.3 is 12.0 Å². The highest BCUT2D eigenvalue weighted by Crippen LogP contribution is 2.29. The SMILES string of the molecule is CSCCCCNC(=O)N(CC(=O)O)CC1CC1. The first kappa shape index (κ1) is 15.1. The lowest BCUT2D eigenvalue weighted by Crippen LogP contribution is -2.44. The van der Waals surface area contributed by atoms with Crippen molar-refractivity contribution in [2.75, 3.05) is 31.6 Å². The first-order valence-electron chi connectivity index (χ1n) is 6.37. The Bertz CT molecular complexity index is 282. The van der Waals surface area contributed by atoms with Crippen LogP contribution in [0.3, 0.4) is 0 Å². The Labute approximate surface area is 112 Å². The lowest BCUT2D eigenvalue weighted by molar-refractivity contribution is -0.137. The van der Waals surface area contributed by atoms with E-state index < -0.39 is 5.97 Å². The number of hydrogen-bond acceptors (Lipinski definition) is 3. The zero-order valence-corrected chi connectivity index (χ0v) is 11.7. The van der Waals surface area contributed by atoms with Gasteiger partial charge in [0.1, 0.15) is 6.54 Å². The number of unbranched alkanes of at least 4 members (excludes halogenated alkanes) is 1. The molecule has 5 nitrogen and oxygen atoms in total. The second kappa shape index (κ2) is 8.24. The largest absolute Gasteiger partial charge is 0.480 e. The van der Waals surface area contributed by atoms with E-state index in [0.717, 1.165) is 31.4 Å². The third kappa shape index (κ3) is 6.74. The van der Waals surface area contributed by atoms with Crippen molar-refractivity contribution in [1.82, 2.24) is 10.2 Å². The molecule has 6 heteroatoms. The van der Waals surface area contributed by atoms with Gasteiger partial charge in [-0.1, -0.05) is 0 Å². The Morgan fingerprint density at radius 1 is 1.39 bits per heavy atom. The molecule has 0 bridgehead atoms. The van der Waals surface area contributed by atoms with Gasteiger partial charge in [-0.05, 0) is 43.6 Å². The van der Waals surface area contributed by atoms with E-state index in [1.807, 2.05) is 0 Å². The van der Waals surface area contributed by atoms with Crippen LogP contribution in [0.1, 0.15) is 25.7 Å².